The van der Waals surface area contributed by atoms with Gasteiger partial charge in [0.05, 0.1) is 16.2 Å². The number of hydrogen-bond acceptors (Lipinski definition) is 7. The molecule has 0 radical (unpaired) electrons. The Morgan fingerprint density at radius 1 is 0.911 bits per heavy atom. The molecule has 0 saturated carbocycles. The summed E-state index contributed by atoms with van der Waals surface area (Å²) in [6, 6.07) is 20.4. The number of ether oxygens (including phenoxy) is 2. The lowest BCUT2D eigenvalue weighted by Crippen LogP contribution is -2.54. The van der Waals surface area contributed by atoms with Crippen LogP contribution in [-0.4, -0.2) is 22.8 Å². The molecule has 0 bridgehead atoms. The van der Waals surface area contributed by atoms with E-state index in [-0.39, 0.29) is 23.6 Å². The molecule has 1 fully saturated rings. The van der Waals surface area contributed by atoms with E-state index < -0.39 is 51.5 Å². The van der Waals surface area contributed by atoms with Crippen molar-refractivity contribution in [1.82, 2.24) is 5.32 Å². The molecule has 228 valence electrons. The van der Waals surface area contributed by atoms with Crippen LogP contribution in [0.15, 0.2) is 101 Å². The van der Waals surface area contributed by atoms with Crippen LogP contribution in [0.5, 0.6) is 17.2 Å². The highest BCUT2D eigenvalue weighted by Crippen LogP contribution is 2.39. The molecule has 14 heteroatoms. The van der Waals surface area contributed by atoms with E-state index in [1.807, 2.05) is 30.3 Å². The van der Waals surface area contributed by atoms with Gasteiger partial charge >= 0.3 is 17.9 Å². The first-order valence-corrected chi connectivity index (χ1v) is 13.7. The summed E-state index contributed by atoms with van der Waals surface area (Å²) in [4.78, 5) is 50.2. The first-order chi connectivity index (χ1) is 21.4. The monoisotopic (exact) mass is 681 g/mol. The topological polar surface area (TPSA) is 128 Å². The van der Waals surface area contributed by atoms with Crippen LogP contribution in [0.1, 0.15) is 16.7 Å². The van der Waals surface area contributed by atoms with Gasteiger partial charge in [-0.3, -0.25) is 25.0 Å². The maximum atomic E-state index is 13.5. The summed E-state index contributed by atoms with van der Waals surface area (Å²) in [5.41, 5.74) is -1.56. The van der Waals surface area contributed by atoms with Crippen molar-refractivity contribution < 1.29 is 42.0 Å². The van der Waals surface area contributed by atoms with Gasteiger partial charge in [0.25, 0.3) is 11.8 Å². The number of alkyl halides is 3. The summed E-state index contributed by atoms with van der Waals surface area (Å²) >= 11 is 3.26. The molecule has 1 heterocycles. The molecule has 4 aromatic rings. The third-order valence-electron chi connectivity index (χ3n) is 6.42. The smallest absolute Gasteiger partial charge is 0.416 e. The number of barbiturate groups is 1. The minimum absolute atomic E-state index is 0.0519. The summed E-state index contributed by atoms with van der Waals surface area (Å²) in [6.07, 6.45) is -3.73. The standard InChI is InChI=1S/C31H19BrF3N3O7/c32-21-7-13-26(45-27-12-6-20(31(33,34)35)16-25(27)38(42)43)19(14-21)15-24-28(39)36-30(41)37(29(24)40)22-8-10-23(11-9-22)44-17-18-4-2-1-3-5-18/h1-16H,17H2,(H,36,39,41)/b24-15+. The van der Waals surface area contributed by atoms with E-state index in [0.717, 1.165) is 22.6 Å². The van der Waals surface area contributed by atoms with E-state index in [1.54, 1.807) is 12.1 Å². The van der Waals surface area contributed by atoms with Gasteiger partial charge in [-0.05, 0) is 66.2 Å². The van der Waals surface area contributed by atoms with Crippen LogP contribution in [-0.2, 0) is 22.4 Å². The fourth-order valence-corrected chi connectivity index (χ4v) is 4.62. The molecule has 0 atom stereocenters. The van der Waals surface area contributed by atoms with Crippen LogP contribution in [0.25, 0.3) is 6.08 Å². The Morgan fingerprint density at radius 2 is 1.60 bits per heavy atom. The Hall–Kier alpha value is -5.50. The highest BCUT2D eigenvalue weighted by Gasteiger charge is 2.37. The lowest BCUT2D eigenvalue weighted by atomic mass is 10.1. The van der Waals surface area contributed by atoms with Gasteiger partial charge in [0.15, 0.2) is 0 Å². The number of carbonyl (C=O) groups excluding carboxylic acids is 3. The van der Waals surface area contributed by atoms with Crippen LogP contribution in [0.4, 0.5) is 29.3 Å². The highest BCUT2D eigenvalue weighted by atomic mass is 79.9. The fourth-order valence-electron chi connectivity index (χ4n) is 4.25. The molecule has 1 saturated heterocycles. The van der Waals surface area contributed by atoms with Crippen LogP contribution in [0.3, 0.4) is 0 Å². The Morgan fingerprint density at radius 3 is 2.27 bits per heavy atom. The third kappa shape index (κ3) is 7.02. The first-order valence-electron chi connectivity index (χ1n) is 12.9. The summed E-state index contributed by atoms with van der Waals surface area (Å²) in [6.45, 7) is 0.289. The van der Waals surface area contributed by atoms with Crippen LogP contribution in [0, 0.1) is 10.1 Å². The SMILES string of the molecule is O=C1NC(=O)N(c2ccc(OCc3ccccc3)cc2)C(=O)/C1=C/c1cc(Br)ccc1Oc1ccc(C(F)(F)F)cc1[N+](=O)[O-]. The predicted octanol–water partition coefficient (Wildman–Crippen LogP) is 7.41. The molecular weight excluding hydrogens is 663 g/mol. The molecule has 0 aromatic heterocycles. The zero-order valence-corrected chi connectivity index (χ0v) is 24.3. The van der Waals surface area contributed by atoms with Gasteiger partial charge in [-0.2, -0.15) is 13.2 Å². The number of nitrogens with zero attached hydrogens (tertiary/aromatic N) is 2. The molecule has 1 aliphatic heterocycles. The first kappa shape index (κ1) is 30.9. The minimum Gasteiger partial charge on any atom is -0.489 e. The van der Waals surface area contributed by atoms with Gasteiger partial charge in [0.1, 0.15) is 23.7 Å². The van der Waals surface area contributed by atoms with E-state index in [2.05, 4.69) is 21.2 Å². The quantitative estimate of drug-likeness (QED) is 0.0887. The van der Waals surface area contributed by atoms with Gasteiger partial charge < -0.3 is 9.47 Å². The second-order valence-electron chi connectivity index (χ2n) is 9.45. The third-order valence-corrected chi connectivity index (χ3v) is 6.91. The number of urea groups is 1. The van der Waals surface area contributed by atoms with Crippen LogP contribution >= 0.6 is 15.9 Å². The molecular formula is C31H19BrF3N3O7. The second-order valence-corrected chi connectivity index (χ2v) is 10.4. The highest BCUT2D eigenvalue weighted by molar-refractivity contribution is 9.10. The van der Waals surface area contributed by atoms with E-state index in [1.165, 1.54) is 30.3 Å². The average Bonchev–Trinajstić information content (AvgIpc) is 3.00. The molecule has 4 amide bonds. The normalized spacial score (nSPS) is 14.4. The fraction of sp³-hybridized carbons (Fsp3) is 0.0645. The molecule has 1 N–H and O–H groups in total. The molecule has 0 unspecified atom stereocenters. The second kappa shape index (κ2) is 12.6. The van der Waals surface area contributed by atoms with E-state index in [0.29, 0.717) is 22.4 Å². The lowest BCUT2D eigenvalue weighted by Gasteiger charge is -2.26. The van der Waals surface area contributed by atoms with Crippen molar-refractivity contribution in [1.29, 1.82) is 0 Å². The molecule has 0 spiro atoms. The van der Waals surface area contributed by atoms with Crippen molar-refractivity contribution in [3.8, 4) is 17.2 Å². The van der Waals surface area contributed by atoms with Gasteiger partial charge in [-0.15, -0.1) is 0 Å². The Labute approximate surface area is 261 Å². The minimum atomic E-state index is -4.83. The summed E-state index contributed by atoms with van der Waals surface area (Å²) in [5.74, 6) is -2.17. The Bertz CT molecular complexity index is 1850. The number of imide groups is 2. The van der Waals surface area contributed by atoms with Crippen molar-refractivity contribution in [2.24, 2.45) is 0 Å². The number of nitro benzene ring substituents is 1. The number of nitrogens with one attached hydrogen (secondary N) is 1. The number of nitro groups is 1. The maximum Gasteiger partial charge on any atom is 0.416 e. The van der Waals surface area contributed by atoms with Gasteiger partial charge in [0.2, 0.25) is 5.75 Å². The van der Waals surface area contributed by atoms with Crippen molar-refractivity contribution in [3.63, 3.8) is 0 Å². The maximum absolute atomic E-state index is 13.5. The zero-order chi connectivity index (χ0) is 32.3. The largest absolute Gasteiger partial charge is 0.489 e. The average molecular weight is 682 g/mol. The van der Waals surface area contributed by atoms with E-state index >= 15 is 0 Å². The number of carbonyl (C=O) groups is 3. The number of benzene rings is 4. The zero-order valence-electron chi connectivity index (χ0n) is 22.7. The lowest BCUT2D eigenvalue weighted by molar-refractivity contribution is -0.385. The molecule has 5 rings (SSSR count). The molecule has 1 aliphatic rings. The summed E-state index contributed by atoms with van der Waals surface area (Å²) in [5, 5.41) is 13.7. The van der Waals surface area contributed by atoms with Crippen LogP contribution in [0.2, 0.25) is 0 Å². The van der Waals surface area contributed by atoms with Crippen molar-refractivity contribution in [2.45, 2.75) is 12.8 Å². The van der Waals surface area contributed by atoms with E-state index in [4.69, 9.17) is 9.47 Å². The summed E-state index contributed by atoms with van der Waals surface area (Å²) < 4.78 is 51.3. The molecule has 45 heavy (non-hydrogen) atoms. The van der Waals surface area contributed by atoms with E-state index in [9.17, 15) is 37.7 Å². The summed E-state index contributed by atoms with van der Waals surface area (Å²) in [7, 11) is 0. The molecule has 4 aromatic carbocycles. The predicted molar refractivity (Wildman–Crippen MR) is 159 cm³/mol. The number of halogens is 4. The van der Waals surface area contributed by atoms with Crippen molar-refractivity contribution >= 4 is 51.2 Å². The van der Waals surface area contributed by atoms with Crippen molar-refractivity contribution in [2.75, 3.05) is 4.90 Å². The van der Waals surface area contributed by atoms with Gasteiger partial charge in [-0.25, -0.2) is 9.69 Å². The number of anilines is 1. The molecule has 10 nitrogen and oxygen atoms in total. The number of amides is 4. The van der Waals surface area contributed by atoms with Gasteiger partial charge in [-0.1, -0.05) is 46.3 Å². The van der Waals surface area contributed by atoms with Crippen LogP contribution < -0.4 is 19.7 Å². The Balaban J connectivity index is 1.43. The number of rotatable bonds is 8. The van der Waals surface area contributed by atoms with Crippen molar-refractivity contribution in [3.05, 3.63) is 128 Å². The Kier molecular flexibility index (Phi) is 8.68. The van der Waals surface area contributed by atoms with Gasteiger partial charge in [0, 0.05) is 16.1 Å². The molecule has 0 aliphatic carbocycles. The number of hydrogen-bond donors (Lipinski definition) is 1.